The van der Waals surface area contributed by atoms with Gasteiger partial charge in [0.2, 0.25) is 0 Å². The van der Waals surface area contributed by atoms with Crippen LogP contribution in [0, 0.1) is 0 Å². The Morgan fingerprint density at radius 1 is 1.40 bits per heavy atom. The number of carbonyl (C=O) groups excluding carboxylic acids is 1. The summed E-state index contributed by atoms with van der Waals surface area (Å²) in [5.74, 6) is 0.741. The van der Waals surface area contributed by atoms with Gasteiger partial charge in [0, 0.05) is 32.1 Å². The SMILES string of the molecule is O=C(NCc1ncc[nH]1)N(C/C=C/c1ccccc1)CC1CCCO1. The summed E-state index contributed by atoms with van der Waals surface area (Å²) < 4.78 is 5.68. The van der Waals surface area contributed by atoms with E-state index < -0.39 is 0 Å². The molecule has 132 valence electrons. The highest BCUT2D eigenvalue weighted by Crippen LogP contribution is 2.13. The number of nitrogens with one attached hydrogen (secondary N) is 2. The van der Waals surface area contributed by atoms with Crippen LogP contribution in [-0.2, 0) is 11.3 Å². The number of aromatic nitrogens is 2. The van der Waals surface area contributed by atoms with Crippen molar-refractivity contribution in [3.63, 3.8) is 0 Å². The zero-order valence-corrected chi connectivity index (χ0v) is 14.2. The Kier molecular flexibility index (Phi) is 6.23. The summed E-state index contributed by atoms with van der Waals surface area (Å²) in [5.41, 5.74) is 1.12. The number of imidazole rings is 1. The minimum absolute atomic E-state index is 0.107. The van der Waals surface area contributed by atoms with E-state index in [9.17, 15) is 4.79 Å². The Labute approximate surface area is 147 Å². The predicted octanol–water partition coefficient (Wildman–Crippen LogP) is 2.81. The number of rotatable bonds is 7. The summed E-state index contributed by atoms with van der Waals surface area (Å²) >= 11 is 0. The smallest absolute Gasteiger partial charge is 0.318 e. The molecule has 1 unspecified atom stereocenters. The van der Waals surface area contributed by atoms with E-state index >= 15 is 0 Å². The lowest BCUT2D eigenvalue weighted by Crippen LogP contribution is -2.43. The lowest BCUT2D eigenvalue weighted by Gasteiger charge is -2.24. The Bertz CT molecular complexity index is 664. The summed E-state index contributed by atoms with van der Waals surface area (Å²) in [6, 6.07) is 9.96. The molecule has 0 spiro atoms. The Morgan fingerprint density at radius 3 is 3.00 bits per heavy atom. The minimum Gasteiger partial charge on any atom is -0.376 e. The number of nitrogens with zero attached hydrogens (tertiary/aromatic N) is 2. The highest BCUT2D eigenvalue weighted by atomic mass is 16.5. The Morgan fingerprint density at radius 2 is 2.28 bits per heavy atom. The number of benzene rings is 1. The van der Waals surface area contributed by atoms with E-state index in [0.29, 0.717) is 19.6 Å². The van der Waals surface area contributed by atoms with Crippen LogP contribution in [0.25, 0.3) is 6.08 Å². The van der Waals surface area contributed by atoms with Crippen molar-refractivity contribution < 1.29 is 9.53 Å². The molecule has 1 aliphatic heterocycles. The highest BCUT2D eigenvalue weighted by molar-refractivity contribution is 5.74. The van der Waals surface area contributed by atoms with E-state index in [1.54, 1.807) is 17.3 Å². The molecule has 1 aliphatic rings. The molecule has 0 radical (unpaired) electrons. The van der Waals surface area contributed by atoms with Crippen LogP contribution in [0.3, 0.4) is 0 Å². The second-order valence-corrected chi connectivity index (χ2v) is 6.05. The molecule has 6 nitrogen and oxygen atoms in total. The van der Waals surface area contributed by atoms with Crippen LogP contribution in [0.4, 0.5) is 4.79 Å². The van der Waals surface area contributed by atoms with Gasteiger partial charge in [-0.25, -0.2) is 9.78 Å². The minimum atomic E-state index is -0.107. The second kappa shape index (κ2) is 9.03. The molecule has 2 aromatic rings. The fourth-order valence-corrected chi connectivity index (χ4v) is 2.82. The molecule has 25 heavy (non-hydrogen) atoms. The Balaban J connectivity index is 1.57. The van der Waals surface area contributed by atoms with Gasteiger partial charge in [-0.15, -0.1) is 0 Å². The molecular formula is C19H24N4O2. The first-order valence-corrected chi connectivity index (χ1v) is 8.65. The van der Waals surface area contributed by atoms with Crippen LogP contribution in [-0.4, -0.2) is 46.7 Å². The average Bonchev–Trinajstić information content (AvgIpc) is 3.33. The number of ether oxygens (including phenoxy) is 1. The zero-order chi connectivity index (χ0) is 17.3. The Hall–Kier alpha value is -2.60. The van der Waals surface area contributed by atoms with Crippen molar-refractivity contribution in [2.75, 3.05) is 19.7 Å². The molecule has 1 fully saturated rings. The standard InChI is InChI=1S/C19H24N4O2/c24-19(22-14-18-20-10-11-21-18)23(15-17-9-5-13-25-17)12-4-8-16-6-2-1-3-7-16/h1-4,6-8,10-11,17H,5,9,12-15H2,(H,20,21)(H,22,24)/b8-4+. The first-order chi connectivity index (χ1) is 12.3. The maximum absolute atomic E-state index is 12.6. The van der Waals surface area contributed by atoms with Crippen molar-refractivity contribution in [1.29, 1.82) is 0 Å². The highest BCUT2D eigenvalue weighted by Gasteiger charge is 2.21. The molecule has 1 atom stereocenters. The third-order valence-electron chi connectivity index (χ3n) is 4.13. The van der Waals surface area contributed by atoms with Gasteiger partial charge in [-0.05, 0) is 18.4 Å². The summed E-state index contributed by atoms with van der Waals surface area (Å²) in [6.45, 7) is 2.31. The van der Waals surface area contributed by atoms with Gasteiger partial charge in [-0.1, -0.05) is 42.5 Å². The van der Waals surface area contributed by atoms with Crippen molar-refractivity contribution in [1.82, 2.24) is 20.2 Å². The van der Waals surface area contributed by atoms with Crippen LogP contribution in [0.15, 0.2) is 48.8 Å². The molecule has 0 saturated carbocycles. The molecule has 2 amide bonds. The second-order valence-electron chi connectivity index (χ2n) is 6.05. The maximum atomic E-state index is 12.6. The van der Waals surface area contributed by atoms with E-state index in [1.165, 1.54) is 0 Å². The molecule has 1 aromatic carbocycles. The summed E-state index contributed by atoms with van der Waals surface area (Å²) in [5, 5.41) is 2.91. The van der Waals surface area contributed by atoms with Gasteiger partial charge in [0.1, 0.15) is 5.82 Å². The van der Waals surface area contributed by atoms with Crippen LogP contribution in [0.1, 0.15) is 24.2 Å². The molecule has 2 N–H and O–H groups in total. The molecule has 0 aliphatic carbocycles. The number of hydrogen-bond acceptors (Lipinski definition) is 3. The first kappa shape index (κ1) is 17.2. The van der Waals surface area contributed by atoms with Gasteiger partial charge < -0.3 is 19.9 Å². The predicted molar refractivity (Wildman–Crippen MR) is 96.8 cm³/mol. The lowest BCUT2D eigenvalue weighted by atomic mass is 10.2. The first-order valence-electron chi connectivity index (χ1n) is 8.65. The summed E-state index contributed by atoms with van der Waals surface area (Å²) in [7, 11) is 0. The van der Waals surface area contributed by atoms with E-state index in [-0.39, 0.29) is 12.1 Å². The molecule has 0 bridgehead atoms. The molecular weight excluding hydrogens is 316 g/mol. The van der Waals surface area contributed by atoms with E-state index in [4.69, 9.17) is 4.74 Å². The lowest BCUT2D eigenvalue weighted by molar-refractivity contribution is 0.0841. The van der Waals surface area contributed by atoms with Gasteiger partial charge >= 0.3 is 6.03 Å². The van der Waals surface area contributed by atoms with Gasteiger partial charge in [0.05, 0.1) is 12.6 Å². The number of carbonyl (C=O) groups is 1. The van der Waals surface area contributed by atoms with Crippen molar-refractivity contribution in [2.24, 2.45) is 0 Å². The number of amides is 2. The maximum Gasteiger partial charge on any atom is 0.318 e. The van der Waals surface area contributed by atoms with E-state index in [2.05, 4.69) is 15.3 Å². The fourth-order valence-electron chi connectivity index (χ4n) is 2.82. The fraction of sp³-hybridized carbons (Fsp3) is 0.368. The van der Waals surface area contributed by atoms with Crippen LogP contribution in [0.2, 0.25) is 0 Å². The van der Waals surface area contributed by atoms with Crippen LogP contribution in [0.5, 0.6) is 0 Å². The number of urea groups is 1. The third kappa shape index (κ3) is 5.46. The molecule has 6 heteroatoms. The molecule has 1 saturated heterocycles. The molecule has 1 aromatic heterocycles. The van der Waals surface area contributed by atoms with Crippen LogP contribution >= 0.6 is 0 Å². The topological polar surface area (TPSA) is 70.2 Å². The number of hydrogen-bond donors (Lipinski definition) is 2. The largest absolute Gasteiger partial charge is 0.376 e. The number of aromatic amines is 1. The molecule has 3 rings (SSSR count). The van der Waals surface area contributed by atoms with Gasteiger partial charge in [0.15, 0.2) is 0 Å². The van der Waals surface area contributed by atoms with Crippen molar-refractivity contribution in [3.8, 4) is 0 Å². The van der Waals surface area contributed by atoms with E-state index in [1.807, 2.05) is 42.5 Å². The quantitative estimate of drug-likeness (QED) is 0.814. The molecule has 2 heterocycles. The van der Waals surface area contributed by atoms with Gasteiger partial charge in [-0.2, -0.15) is 0 Å². The van der Waals surface area contributed by atoms with Crippen molar-refractivity contribution >= 4 is 12.1 Å². The average molecular weight is 340 g/mol. The normalized spacial score (nSPS) is 17.0. The van der Waals surface area contributed by atoms with E-state index in [0.717, 1.165) is 30.8 Å². The third-order valence-corrected chi connectivity index (χ3v) is 4.13. The van der Waals surface area contributed by atoms with Crippen molar-refractivity contribution in [3.05, 3.63) is 60.2 Å². The van der Waals surface area contributed by atoms with Crippen LogP contribution < -0.4 is 5.32 Å². The van der Waals surface area contributed by atoms with Gasteiger partial charge in [-0.3, -0.25) is 0 Å². The summed E-state index contributed by atoms with van der Waals surface area (Å²) in [4.78, 5) is 21.5. The summed E-state index contributed by atoms with van der Waals surface area (Å²) in [6.07, 6.45) is 9.65. The van der Waals surface area contributed by atoms with Crippen molar-refractivity contribution in [2.45, 2.75) is 25.5 Å². The monoisotopic (exact) mass is 340 g/mol. The number of H-pyrrole nitrogens is 1. The zero-order valence-electron chi connectivity index (χ0n) is 14.2. The van der Waals surface area contributed by atoms with Gasteiger partial charge in [0.25, 0.3) is 0 Å².